The maximum absolute atomic E-state index is 12.9. The number of hydrogen-bond acceptors (Lipinski definition) is 6. The highest BCUT2D eigenvalue weighted by Crippen LogP contribution is 2.28. The van der Waals surface area contributed by atoms with E-state index in [0.717, 1.165) is 29.9 Å². The van der Waals surface area contributed by atoms with Gasteiger partial charge in [0, 0.05) is 6.07 Å². The molecule has 6 nitrogen and oxygen atoms in total. The fourth-order valence-corrected chi connectivity index (χ4v) is 3.63. The zero-order chi connectivity index (χ0) is 15.0. The van der Waals surface area contributed by atoms with E-state index in [2.05, 4.69) is 13.5 Å². The van der Waals surface area contributed by atoms with E-state index in [1.54, 1.807) is 12.1 Å². The lowest BCUT2D eigenvalue weighted by Crippen LogP contribution is -2.13. The number of aromatic hydroxyl groups is 1. The zero-order valence-electron chi connectivity index (χ0n) is 10.3. The second kappa shape index (κ2) is 4.93. The molecule has 2 N–H and O–H groups in total. The largest absolute Gasteiger partial charge is 0.506 e. The summed E-state index contributed by atoms with van der Waals surface area (Å²) in [6.45, 7) is 0. The molecule has 0 aliphatic heterocycles. The lowest BCUT2D eigenvalue weighted by Gasteiger charge is -2.09. The molecule has 108 valence electrons. The van der Waals surface area contributed by atoms with Gasteiger partial charge in [-0.25, -0.2) is 12.8 Å². The van der Waals surface area contributed by atoms with Crippen molar-refractivity contribution in [1.29, 1.82) is 0 Å². The van der Waals surface area contributed by atoms with E-state index < -0.39 is 21.6 Å². The van der Waals surface area contributed by atoms with Gasteiger partial charge in [-0.1, -0.05) is 6.07 Å². The van der Waals surface area contributed by atoms with Gasteiger partial charge < -0.3 is 5.11 Å². The van der Waals surface area contributed by atoms with Crippen molar-refractivity contribution >= 4 is 38.5 Å². The molecular weight excluding hydrogens is 317 g/mol. The Labute approximate surface area is 123 Å². The van der Waals surface area contributed by atoms with Gasteiger partial charge in [0.2, 0.25) is 0 Å². The van der Waals surface area contributed by atoms with Crippen LogP contribution in [0.15, 0.2) is 41.3 Å². The Morgan fingerprint density at radius 1 is 1.19 bits per heavy atom. The second-order valence-corrected chi connectivity index (χ2v) is 6.33. The first-order chi connectivity index (χ1) is 9.97. The molecule has 3 rings (SSSR count). The monoisotopic (exact) mass is 325 g/mol. The molecule has 0 unspecified atom stereocenters. The summed E-state index contributed by atoms with van der Waals surface area (Å²) in [5.74, 6) is -1.16. The predicted octanol–water partition coefficient (Wildman–Crippen LogP) is 2.34. The van der Waals surface area contributed by atoms with E-state index in [-0.39, 0.29) is 16.1 Å². The molecule has 0 atom stereocenters. The zero-order valence-corrected chi connectivity index (χ0v) is 11.9. The SMILES string of the molecule is O=S(=O)(Nc1ccc(F)cc1O)c1cccc2nsnc12. The lowest BCUT2D eigenvalue weighted by atomic mass is 10.3. The van der Waals surface area contributed by atoms with Crippen LogP contribution in [0.1, 0.15) is 0 Å². The van der Waals surface area contributed by atoms with Crippen molar-refractivity contribution in [2.24, 2.45) is 0 Å². The summed E-state index contributed by atoms with van der Waals surface area (Å²) < 4.78 is 47.8. The highest BCUT2D eigenvalue weighted by atomic mass is 32.2. The molecule has 0 aliphatic rings. The van der Waals surface area contributed by atoms with Crippen LogP contribution in [0.5, 0.6) is 5.75 Å². The molecule has 9 heteroatoms. The van der Waals surface area contributed by atoms with Crippen LogP contribution in [0.3, 0.4) is 0 Å². The Kier molecular flexibility index (Phi) is 3.22. The van der Waals surface area contributed by atoms with Gasteiger partial charge in [0.1, 0.15) is 27.5 Å². The third-order valence-electron chi connectivity index (χ3n) is 2.74. The molecule has 0 spiro atoms. The first-order valence-electron chi connectivity index (χ1n) is 5.70. The molecule has 0 aliphatic carbocycles. The van der Waals surface area contributed by atoms with Crippen molar-refractivity contribution in [3.8, 4) is 5.75 Å². The first-order valence-corrected chi connectivity index (χ1v) is 7.91. The molecule has 2 aromatic carbocycles. The van der Waals surface area contributed by atoms with Crippen LogP contribution in [0, 0.1) is 5.82 Å². The number of rotatable bonds is 3. The van der Waals surface area contributed by atoms with E-state index >= 15 is 0 Å². The number of halogens is 1. The Hall–Kier alpha value is -2.26. The van der Waals surface area contributed by atoms with Gasteiger partial charge in [-0.3, -0.25) is 4.72 Å². The lowest BCUT2D eigenvalue weighted by molar-refractivity contribution is 0.471. The Bertz CT molecular complexity index is 924. The second-order valence-electron chi connectivity index (χ2n) is 4.16. The van der Waals surface area contributed by atoms with Crippen molar-refractivity contribution in [1.82, 2.24) is 8.75 Å². The van der Waals surface area contributed by atoms with Gasteiger partial charge in [-0.2, -0.15) is 8.75 Å². The summed E-state index contributed by atoms with van der Waals surface area (Å²) in [6, 6.07) is 7.58. The minimum atomic E-state index is -3.97. The van der Waals surface area contributed by atoms with Crippen molar-refractivity contribution in [2.45, 2.75) is 4.90 Å². The number of benzene rings is 2. The van der Waals surface area contributed by atoms with Gasteiger partial charge in [-0.05, 0) is 24.3 Å². The van der Waals surface area contributed by atoms with Crippen LogP contribution in [-0.2, 0) is 10.0 Å². The summed E-state index contributed by atoms with van der Waals surface area (Å²) >= 11 is 0.903. The minimum Gasteiger partial charge on any atom is -0.506 e. The van der Waals surface area contributed by atoms with Crippen LogP contribution in [0.2, 0.25) is 0 Å². The van der Waals surface area contributed by atoms with Gasteiger partial charge in [0.25, 0.3) is 10.0 Å². The molecule has 0 saturated carbocycles. The molecule has 1 aromatic heterocycles. The minimum absolute atomic E-state index is 0.0579. The molecule has 0 bridgehead atoms. The smallest absolute Gasteiger partial charge is 0.264 e. The molecule has 0 saturated heterocycles. The molecule has 3 aromatic rings. The van der Waals surface area contributed by atoms with Gasteiger partial charge >= 0.3 is 0 Å². The number of anilines is 1. The Balaban J connectivity index is 2.06. The predicted molar refractivity (Wildman–Crippen MR) is 76.3 cm³/mol. The molecule has 0 radical (unpaired) electrons. The summed E-state index contributed by atoms with van der Waals surface area (Å²) in [5.41, 5.74) is 0.597. The first kappa shape index (κ1) is 13.7. The van der Waals surface area contributed by atoms with E-state index in [4.69, 9.17) is 0 Å². The quantitative estimate of drug-likeness (QED) is 0.721. The van der Waals surface area contributed by atoms with E-state index in [1.165, 1.54) is 6.07 Å². The van der Waals surface area contributed by atoms with Crippen LogP contribution in [0.25, 0.3) is 11.0 Å². The van der Waals surface area contributed by atoms with E-state index in [0.29, 0.717) is 5.52 Å². The number of phenols is 1. The molecule has 21 heavy (non-hydrogen) atoms. The summed E-state index contributed by atoms with van der Waals surface area (Å²) in [5, 5.41) is 9.58. The number of hydrogen-bond donors (Lipinski definition) is 2. The maximum atomic E-state index is 12.9. The number of nitrogens with zero attached hydrogens (tertiary/aromatic N) is 2. The van der Waals surface area contributed by atoms with Crippen LogP contribution >= 0.6 is 11.7 Å². The molecule has 0 amide bonds. The highest BCUT2D eigenvalue weighted by Gasteiger charge is 2.20. The van der Waals surface area contributed by atoms with Crippen LogP contribution in [-0.4, -0.2) is 22.3 Å². The van der Waals surface area contributed by atoms with Crippen LogP contribution in [0.4, 0.5) is 10.1 Å². The third kappa shape index (κ3) is 2.52. The topological polar surface area (TPSA) is 92.2 Å². The molecule has 1 heterocycles. The standard InChI is InChI=1S/C12H8FN3O3S2/c13-7-4-5-8(10(17)6-7)16-21(18,19)11-3-1-2-9-12(11)15-20-14-9/h1-6,16-17H. The molecular formula is C12H8FN3O3S2. The summed E-state index contributed by atoms with van der Waals surface area (Å²) in [6.07, 6.45) is 0. The highest BCUT2D eigenvalue weighted by molar-refractivity contribution is 7.93. The van der Waals surface area contributed by atoms with Crippen LogP contribution < -0.4 is 4.72 Å². The fraction of sp³-hybridized carbons (Fsp3) is 0. The number of phenolic OH excluding ortho intramolecular Hbond substituents is 1. The van der Waals surface area contributed by atoms with Crippen molar-refractivity contribution in [3.63, 3.8) is 0 Å². The molecule has 0 fully saturated rings. The van der Waals surface area contributed by atoms with Gasteiger partial charge in [-0.15, -0.1) is 0 Å². The maximum Gasteiger partial charge on any atom is 0.264 e. The number of sulfonamides is 1. The van der Waals surface area contributed by atoms with Crippen molar-refractivity contribution in [3.05, 3.63) is 42.2 Å². The average Bonchev–Trinajstić information content (AvgIpc) is 2.90. The fourth-order valence-electron chi connectivity index (χ4n) is 1.79. The van der Waals surface area contributed by atoms with Crippen molar-refractivity contribution < 1.29 is 17.9 Å². The Morgan fingerprint density at radius 3 is 2.76 bits per heavy atom. The van der Waals surface area contributed by atoms with Gasteiger partial charge in [0.15, 0.2) is 0 Å². The van der Waals surface area contributed by atoms with Gasteiger partial charge in [0.05, 0.1) is 17.4 Å². The number of fused-ring (bicyclic) bond motifs is 1. The number of nitrogens with one attached hydrogen (secondary N) is 1. The van der Waals surface area contributed by atoms with E-state index in [1.807, 2.05) is 0 Å². The normalized spacial score (nSPS) is 11.7. The number of aromatic nitrogens is 2. The van der Waals surface area contributed by atoms with E-state index in [9.17, 15) is 17.9 Å². The summed E-state index contributed by atoms with van der Waals surface area (Å²) in [4.78, 5) is -0.0579. The summed E-state index contributed by atoms with van der Waals surface area (Å²) in [7, 11) is -3.97. The average molecular weight is 325 g/mol. The third-order valence-corrected chi connectivity index (χ3v) is 4.68. The Morgan fingerprint density at radius 2 is 2.00 bits per heavy atom. The van der Waals surface area contributed by atoms with Crippen molar-refractivity contribution in [2.75, 3.05) is 4.72 Å².